The molecule has 11 atom stereocenters. The Morgan fingerprint density at radius 1 is 0.941 bits per heavy atom. The maximum atomic E-state index is 13.0. The second kappa shape index (κ2) is 15.4. The van der Waals surface area contributed by atoms with Crippen LogP contribution in [0.4, 0.5) is 0 Å². The lowest BCUT2D eigenvalue weighted by Gasteiger charge is -2.63. The number of fused-ring (bicyclic) bond motifs is 5. The normalized spacial score (nSPS) is 34.8. The van der Waals surface area contributed by atoms with Crippen molar-refractivity contribution in [3.63, 3.8) is 0 Å². The number of hydrogen-bond acceptors (Lipinski definition) is 7. The molecule has 4 fully saturated rings. The summed E-state index contributed by atoms with van der Waals surface area (Å²) in [4.78, 5) is 36.3. The third-order valence-electron chi connectivity index (χ3n) is 13.9. The van der Waals surface area contributed by atoms with Crippen LogP contribution < -0.4 is 5.32 Å². The maximum Gasteiger partial charge on any atom is 0.338 e. The van der Waals surface area contributed by atoms with Crippen LogP contribution in [0.3, 0.4) is 0 Å². The van der Waals surface area contributed by atoms with Gasteiger partial charge in [0.1, 0.15) is 0 Å². The molecule has 0 bridgehead atoms. The van der Waals surface area contributed by atoms with Gasteiger partial charge in [-0.1, -0.05) is 45.0 Å². The van der Waals surface area contributed by atoms with E-state index in [4.69, 9.17) is 9.47 Å². The van der Waals surface area contributed by atoms with Crippen molar-refractivity contribution in [2.75, 3.05) is 19.8 Å². The van der Waals surface area contributed by atoms with Crippen molar-refractivity contribution in [2.24, 2.45) is 46.3 Å². The van der Waals surface area contributed by atoms with Crippen molar-refractivity contribution in [3.8, 4) is 11.1 Å². The fraction of sp³-hybridized carbons (Fsp3) is 0.643. The van der Waals surface area contributed by atoms with E-state index in [0.29, 0.717) is 49.6 Å². The van der Waals surface area contributed by atoms with E-state index in [1.807, 2.05) is 30.3 Å². The highest BCUT2D eigenvalue weighted by molar-refractivity contribution is 5.95. The van der Waals surface area contributed by atoms with Crippen molar-refractivity contribution >= 4 is 17.8 Å². The SMILES string of the molecule is CCOC(=O)c1ccc(-c2cccc(C(=O)NCCOC3CCC4(C)C(C3)CC(O)C3C4CC(O)C4(C)C(C(C)CCC(=O)O)CCC34)c2)cc1. The number of rotatable bonds is 12. The number of carbonyl (C=O) groups is 3. The Kier molecular flexibility index (Phi) is 11.3. The van der Waals surface area contributed by atoms with E-state index in [1.54, 1.807) is 25.1 Å². The zero-order valence-electron chi connectivity index (χ0n) is 30.7. The molecule has 0 radical (unpaired) electrons. The molecular weight excluding hydrogens is 646 g/mol. The van der Waals surface area contributed by atoms with Crippen LogP contribution in [-0.4, -0.2) is 71.2 Å². The number of benzene rings is 2. The first-order valence-corrected chi connectivity index (χ1v) is 19.2. The van der Waals surface area contributed by atoms with Gasteiger partial charge in [-0.25, -0.2) is 4.79 Å². The number of aliphatic carboxylic acids is 1. The maximum absolute atomic E-state index is 13.0. The number of nitrogens with one attached hydrogen (secondary N) is 1. The predicted molar refractivity (Wildman–Crippen MR) is 194 cm³/mol. The van der Waals surface area contributed by atoms with Crippen LogP contribution in [0.25, 0.3) is 11.1 Å². The van der Waals surface area contributed by atoms with Gasteiger partial charge in [-0.2, -0.15) is 0 Å². The van der Waals surface area contributed by atoms with Crippen molar-refractivity contribution in [2.45, 2.75) is 104 Å². The molecule has 0 aliphatic heterocycles. The average molecular weight is 704 g/mol. The van der Waals surface area contributed by atoms with E-state index in [1.165, 1.54) is 0 Å². The molecule has 0 spiro atoms. The fourth-order valence-electron chi connectivity index (χ4n) is 11.2. The van der Waals surface area contributed by atoms with Crippen LogP contribution in [0, 0.1) is 46.3 Å². The van der Waals surface area contributed by atoms with Crippen LogP contribution in [0.1, 0.15) is 106 Å². The number of carboxylic acids is 1. The molecule has 2 aromatic rings. The Morgan fingerprint density at radius 3 is 2.43 bits per heavy atom. The summed E-state index contributed by atoms with van der Waals surface area (Å²) in [7, 11) is 0. The smallest absolute Gasteiger partial charge is 0.338 e. The number of ether oxygens (including phenoxy) is 2. The predicted octanol–water partition coefficient (Wildman–Crippen LogP) is 6.75. The minimum atomic E-state index is -0.767. The molecule has 9 nitrogen and oxygen atoms in total. The van der Waals surface area contributed by atoms with Gasteiger partial charge >= 0.3 is 11.9 Å². The van der Waals surface area contributed by atoms with Gasteiger partial charge < -0.3 is 30.1 Å². The number of amides is 1. The molecule has 4 N–H and O–H groups in total. The van der Waals surface area contributed by atoms with Crippen LogP contribution in [0.5, 0.6) is 0 Å². The summed E-state index contributed by atoms with van der Waals surface area (Å²) >= 11 is 0. The summed E-state index contributed by atoms with van der Waals surface area (Å²) in [5, 5.41) is 35.9. The van der Waals surface area contributed by atoms with E-state index < -0.39 is 18.2 Å². The van der Waals surface area contributed by atoms with Gasteiger partial charge in [0.15, 0.2) is 0 Å². The first-order valence-electron chi connectivity index (χ1n) is 19.2. The van der Waals surface area contributed by atoms with Crippen LogP contribution in [0.2, 0.25) is 0 Å². The number of hydrogen-bond donors (Lipinski definition) is 4. The molecule has 0 saturated heterocycles. The summed E-state index contributed by atoms with van der Waals surface area (Å²) in [6, 6.07) is 14.6. The minimum Gasteiger partial charge on any atom is -0.481 e. The fourth-order valence-corrected chi connectivity index (χ4v) is 11.2. The molecule has 1 amide bonds. The molecule has 0 heterocycles. The van der Waals surface area contributed by atoms with Gasteiger partial charge in [-0.05, 0) is 140 Å². The molecule has 4 aliphatic carbocycles. The molecule has 4 saturated carbocycles. The summed E-state index contributed by atoms with van der Waals surface area (Å²) < 4.78 is 11.4. The quantitative estimate of drug-likeness (QED) is 0.141. The molecule has 2 aromatic carbocycles. The van der Waals surface area contributed by atoms with Crippen LogP contribution in [0.15, 0.2) is 48.5 Å². The lowest BCUT2D eigenvalue weighted by Crippen LogP contribution is -2.62. The first kappa shape index (κ1) is 37.5. The Labute approximate surface area is 302 Å². The second-order valence-electron chi connectivity index (χ2n) is 16.4. The van der Waals surface area contributed by atoms with Crippen molar-refractivity contribution in [1.29, 1.82) is 0 Å². The molecular formula is C42H57NO8. The summed E-state index contributed by atoms with van der Waals surface area (Å²) in [5.41, 5.74) is 2.54. The standard InChI is InChI=1S/C42H57NO8/c1-5-50-40(49)27-12-10-26(11-13-27)28-7-6-8-29(21-28)39(48)43-19-20-51-31-17-18-41(3)30(22-31)23-35(44)38-33-15-14-32(25(2)9-16-37(46)47)42(33,4)36(45)24-34(38)41/h6-8,10-13,21,25,30-36,38,44-45H,5,9,14-20,22-24H2,1-4H3,(H,43,48)(H,46,47). The Hall–Kier alpha value is -3.27. The third kappa shape index (κ3) is 7.36. The Bertz CT molecular complexity index is 1560. The van der Waals surface area contributed by atoms with Crippen molar-refractivity contribution < 1.29 is 39.2 Å². The van der Waals surface area contributed by atoms with E-state index in [-0.39, 0.29) is 64.8 Å². The second-order valence-corrected chi connectivity index (χ2v) is 16.4. The van der Waals surface area contributed by atoms with Gasteiger partial charge in [-0.15, -0.1) is 0 Å². The van der Waals surface area contributed by atoms with Gasteiger partial charge in [0.05, 0.1) is 37.1 Å². The number of aliphatic hydroxyl groups is 2. The van der Waals surface area contributed by atoms with E-state index >= 15 is 0 Å². The summed E-state index contributed by atoms with van der Waals surface area (Å²) in [5.74, 6) is 0.142. The highest BCUT2D eigenvalue weighted by Gasteiger charge is 2.65. The number of aliphatic hydroxyl groups excluding tert-OH is 2. The highest BCUT2D eigenvalue weighted by Crippen LogP contribution is 2.68. The Morgan fingerprint density at radius 2 is 1.71 bits per heavy atom. The molecule has 278 valence electrons. The number of carbonyl (C=O) groups excluding carboxylic acids is 2. The Balaban J connectivity index is 1.01. The third-order valence-corrected chi connectivity index (χ3v) is 13.9. The average Bonchev–Trinajstić information content (AvgIpc) is 3.48. The summed E-state index contributed by atoms with van der Waals surface area (Å²) in [6.07, 6.45) is 6.17. The zero-order valence-corrected chi connectivity index (χ0v) is 30.7. The van der Waals surface area contributed by atoms with Gasteiger partial charge in [0.25, 0.3) is 5.91 Å². The van der Waals surface area contributed by atoms with Crippen LogP contribution >= 0.6 is 0 Å². The monoisotopic (exact) mass is 703 g/mol. The topological polar surface area (TPSA) is 142 Å². The highest BCUT2D eigenvalue weighted by atomic mass is 16.5. The number of carboxylic acid groups (broad SMARTS) is 1. The molecule has 9 heteroatoms. The summed E-state index contributed by atoms with van der Waals surface area (Å²) in [6.45, 7) is 9.65. The minimum absolute atomic E-state index is 0.0252. The van der Waals surface area contributed by atoms with Crippen molar-refractivity contribution in [3.05, 3.63) is 59.7 Å². The van der Waals surface area contributed by atoms with E-state index in [9.17, 15) is 29.7 Å². The first-order chi connectivity index (χ1) is 24.4. The van der Waals surface area contributed by atoms with E-state index in [2.05, 4.69) is 26.1 Å². The number of esters is 1. The lowest BCUT2D eigenvalue weighted by molar-refractivity contribution is -0.209. The molecule has 4 aliphatic rings. The van der Waals surface area contributed by atoms with Gasteiger partial charge in [-0.3, -0.25) is 9.59 Å². The molecule has 0 aromatic heterocycles. The van der Waals surface area contributed by atoms with Crippen molar-refractivity contribution in [1.82, 2.24) is 5.32 Å². The largest absolute Gasteiger partial charge is 0.481 e. The van der Waals surface area contributed by atoms with Gasteiger partial charge in [0.2, 0.25) is 0 Å². The van der Waals surface area contributed by atoms with Gasteiger partial charge in [0, 0.05) is 18.5 Å². The molecule has 11 unspecified atom stereocenters. The zero-order chi connectivity index (χ0) is 36.5. The molecule has 51 heavy (non-hydrogen) atoms. The van der Waals surface area contributed by atoms with E-state index in [0.717, 1.165) is 49.7 Å². The molecule has 6 rings (SSSR count). The van der Waals surface area contributed by atoms with Crippen LogP contribution in [-0.2, 0) is 14.3 Å². The lowest BCUT2D eigenvalue weighted by atomic mass is 9.43.